The third-order valence-corrected chi connectivity index (χ3v) is 9.03. The molecule has 0 aromatic carbocycles. The van der Waals surface area contributed by atoms with Gasteiger partial charge in [0.1, 0.15) is 11.6 Å². The maximum absolute atomic E-state index is 14.5. The summed E-state index contributed by atoms with van der Waals surface area (Å²) in [5, 5.41) is 10.4. The van der Waals surface area contributed by atoms with Crippen LogP contribution in [0.3, 0.4) is 0 Å². The van der Waals surface area contributed by atoms with E-state index in [9.17, 15) is 19.5 Å². The molecule has 7 atom stereocenters. The third kappa shape index (κ3) is 4.83. The molecular formula is C30H49N3O5. The van der Waals surface area contributed by atoms with Crippen molar-refractivity contribution in [3.63, 3.8) is 0 Å². The van der Waals surface area contributed by atoms with Crippen molar-refractivity contribution in [2.75, 3.05) is 26.2 Å². The van der Waals surface area contributed by atoms with Crippen LogP contribution in [0.4, 0.5) is 0 Å². The van der Waals surface area contributed by atoms with E-state index in [-0.39, 0.29) is 36.3 Å². The number of carbonyl (C=O) groups is 3. The zero-order valence-corrected chi connectivity index (χ0v) is 24.3. The number of nitrogens with zero attached hydrogens (tertiary/aromatic N) is 3. The van der Waals surface area contributed by atoms with E-state index in [2.05, 4.69) is 20.1 Å². The van der Waals surface area contributed by atoms with Crippen LogP contribution in [-0.2, 0) is 19.1 Å². The first-order valence-electron chi connectivity index (χ1n) is 14.4. The Hall–Kier alpha value is -2.19. The SMILES string of the molecule is C=CCN(CCC)C(=O)[C@H]1[C@H]2C(=O)N([C@@H](CO)C(C)C)C(C(=O)N(CC=C)C(C)CCC)C23CC[C@]1(C)O3. The molecule has 0 saturated carbocycles. The van der Waals surface area contributed by atoms with Crippen molar-refractivity contribution in [2.24, 2.45) is 17.8 Å². The minimum absolute atomic E-state index is 0.0521. The minimum Gasteiger partial charge on any atom is -0.394 e. The van der Waals surface area contributed by atoms with Crippen molar-refractivity contribution in [1.29, 1.82) is 0 Å². The molecule has 0 radical (unpaired) electrons. The smallest absolute Gasteiger partial charge is 0.248 e. The molecule has 1 spiro atoms. The molecule has 3 amide bonds. The molecule has 3 aliphatic heterocycles. The van der Waals surface area contributed by atoms with E-state index in [4.69, 9.17) is 4.74 Å². The van der Waals surface area contributed by atoms with Gasteiger partial charge in [0.25, 0.3) is 0 Å². The van der Waals surface area contributed by atoms with Crippen molar-refractivity contribution in [1.82, 2.24) is 14.7 Å². The van der Waals surface area contributed by atoms with Crippen LogP contribution in [0.25, 0.3) is 0 Å². The molecule has 214 valence electrons. The van der Waals surface area contributed by atoms with Crippen molar-refractivity contribution in [3.05, 3.63) is 25.3 Å². The lowest BCUT2D eigenvalue weighted by molar-refractivity contribution is -0.158. The van der Waals surface area contributed by atoms with Crippen molar-refractivity contribution in [2.45, 2.75) is 103 Å². The van der Waals surface area contributed by atoms with E-state index in [1.165, 1.54) is 0 Å². The summed E-state index contributed by atoms with van der Waals surface area (Å²) in [7, 11) is 0. The number of rotatable bonds is 14. The molecule has 3 unspecified atom stereocenters. The van der Waals surface area contributed by atoms with Gasteiger partial charge < -0.3 is 24.5 Å². The summed E-state index contributed by atoms with van der Waals surface area (Å²) < 4.78 is 6.80. The minimum atomic E-state index is -1.11. The summed E-state index contributed by atoms with van der Waals surface area (Å²) in [5.74, 6) is -2.11. The summed E-state index contributed by atoms with van der Waals surface area (Å²) in [6.07, 6.45) is 7.05. The highest BCUT2D eigenvalue weighted by Crippen LogP contribution is 2.64. The molecule has 0 aromatic rings. The fraction of sp³-hybridized carbons (Fsp3) is 0.767. The van der Waals surface area contributed by atoms with E-state index in [1.807, 2.05) is 34.6 Å². The monoisotopic (exact) mass is 531 g/mol. The highest BCUT2D eigenvalue weighted by Gasteiger charge is 2.79. The maximum Gasteiger partial charge on any atom is 0.248 e. The number of likely N-dealkylation sites (tertiary alicyclic amines) is 1. The predicted octanol–water partition coefficient (Wildman–Crippen LogP) is 3.40. The Bertz CT molecular complexity index is 922. The number of fused-ring (bicyclic) bond motifs is 1. The standard InChI is InChI=1S/C30H49N3O5/c1-9-13-21(7)32(18-12-4)28(37)25-30-15-14-29(8,38-30)23(26(35)31(16-10-2)17-11-3)24(30)27(36)33(25)22(19-34)20(5)6/h10,12,20-25,34H,2,4,9,11,13-19H2,1,3,5-8H3/t21?,22-,23+,24-,25?,29-,30?/m0/s1. The number of aliphatic hydroxyl groups is 1. The predicted molar refractivity (Wildman–Crippen MR) is 148 cm³/mol. The fourth-order valence-electron chi connectivity index (χ4n) is 7.27. The molecule has 0 aromatic heterocycles. The Balaban J connectivity index is 2.16. The number of amides is 3. The van der Waals surface area contributed by atoms with Crippen LogP contribution in [0.1, 0.15) is 73.6 Å². The molecule has 3 aliphatic rings. The zero-order valence-electron chi connectivity index (χ0n) is 24.3. The summed E-state index contributed by atoms with van der Waals surface area (Å²) in [4.78, 5) is 48.1. The fourth-order valence-corrected chi connectivity index (χ4v) is 7.27. The second kappa shape index (κ2) is 11.9. The van der Waals surface area contributed by atoms with Gasteiger partial charge in [-0.05, 0) is 45.4 Å². The largest absolute Gasteiger partial charge is 0.394 e. The Morgan fingerprint density at radius 1 is 1.13 bits per heavy atom. The average molecular weight is 532 g/mol. The van der Waals surface area contributed by atoms with Gasteiger partial charge in [0.2, 0.25) is 17.7 Å². The highest BCUT2D eigenvalue weighted by molar-refractivity contribution is 5.99. The maximum atomic E-state index is 14.5. The van der Waals surface area contributed by atoms with Crippen LogP contribution in [0.15, 0.2) is 25.3 Å². The first-order chi connectivity index (χ1) is 18.0. The van der Waals surface area contributed by atoms with E-state index in [0.29, 0.717) is 32.5 Å². The summed E-state index contributed by atoms with van der Waals surface area (Å²) >= 11 is 0. The van der Waals surface area contributed by atoms with Crippen LogP contribution in [0.2, 0.25) is 0 Å². The molecule has 3 saturated heterocycles. The van der Waals surface area contributed by atoms with Gasteiger partial charge in [0, 0.05) is 25.7 Å². The highest BCUT2D eigenvalue weighted by atomic mass is 16.5. The lowest BCUT2D eigenvalue weighted by Gasteiger charge is -2.42. The summed E-state index contributed by atoms with van der Waals surface area (Å²) in [6, 6.07) is -1.52. The number of hydrogen-bond acceptors (Lipinski definition) is 5. The van der Waals surface area contributed by atoms with Crippen LogP contribution in [0, 0.1) is 17.8 Å². The molecule has 0 aliphatic carbocycles. The molecule has 3 rings (SSSR count). The Kier molecular flexibility index (Phi) is 9.51. The van der Waals surface area contributed by atoms with Crippen molar-refractivity contribution < 1.29 is 24.2 Å². The number of aliphatic hydroxyl groups excluding tert-OH is 1. The summed E-state index contributed by atoms with van der Waals surface area (Å²) in [6.45, 7) is 20.7. The Labute approximate surface area is 229 Å². The van der Waals surface area contributed by atoms with Crippen LogP contribution < -0.4 is 0 Å². The molecule has 1 N–H and O–H groups in total. The van der Waals surface area contributed by atoms with Crippen LogP contribution >= 0.6 is 0 Å². The number of hydrogen-bond donors (Lipinski definition) is 1. The average Bonchev–Trinajstić information content (AvgIpc) is 3.43. The van der Waals surface area contributed by atoms with Gasteiger partial charge >= 0.3 is 0 Å². The Morgan fingerprint density at radius 3 is 2.32 bits per heavy atom. The molecule has 38 heavy (non-hydrogen) atoms. The topological polar surface area (TPSA) is 90.4 Å². The van der Waals surface area contributed by atoms with E-state index < -0.39 is 35.1 Å². The number of ether oxygens (including phenoxy) is 1. The Morgan fingerprint density at radius 2 is 1.79 bits per heavy atom. The van der Waals surface area contributed by atoms with Crippen molar-refractivity contribution in [3.8, 4) is 0 Å². The zero-order chi connectivity index (χ0) is 28.4. The van der Waals surface area contributed by atoms with Gasteiger partial charge in [-0.2, -0.15) is 0 Å². The first kappa shape index (κ1) is 30.4. The van der Waals surface area contributed by atoms with Gasteiger partial charge in [-0.15, -0.1) is 13.2 Å². The van der Waals surface area contributed by atoms with Gasteiger partial charge in [0.15, 0.2) is 0 Å². The van der Waals surface area contributed by atoms with Crippen LogP contribution in [-0.4, -0.2) is 93.1 Å². The van der Waals surface area contributed by atoms with E-state index in [1.54, 1.807) is 26.9 Å². The van der Waals surface area contributed by atoms with E-state index >= 15 is 0 Å². The third-order valence-electron chi connectivity index (χ3n) is 9.03. The van der Waals surface area contributed by atoms with Crippen LogP contribution in [0.5, 0.6) is 0 Å². The molecule has 3 fully saturated rings. The van der Waals surface area contributed by atoms with Gasteiger partial charge in [0.05, 0.1) is 30.1 Å². The molecule has 2 bridgehead atoms. The van der Waals surface area contributed by atoms with E-state index in [0.717, 1.165) is 19.3 Å². The second-order valence-electron chi connectivity index (χ2n) is 12.0. The quantitative estimate of drug-likeness (QED) is 0.347. The lowest BCUT2D eigenvalue weighted by atomic mass is 9.66. The van der Waals surface area contributed by atoms with Crippen molar-refractivity contribution >= 4 is 17.7 Å². The summed E-state index contributed by atoms with van der Waals surface area (Å²) in [5.41, 5.74) is -1.94. The lowest BCUT2D eigenvalue weighted by Crippen LogP contribution is -2.60. The second-order valence-corrected chi connectivity index (χ2v) is 12.0. The molecule has 8 heteroatoms. The first-order valence-corrected chi connectivity index (χ1v) is 14.4. The number of carbonyl (C=O) groups excluding carboxylic acids is 3. The van der Waals surface area contributed by atoms with Gasteiger partial charge in [-0.3, -0.25) is 14.4 Å². The molecule has 3 heterocycles. The molecular weight excluding hydrogens is 482 g/mol. The van der Waals surface area contributed by atoms with Gasteiger partial charge in [-0.1, -0.05) is 46.3 Å². The molecule has 8 nitrogen and oxygen atoms in total. The van der Waals surface area contributed by atoms with Gasteiger partial charge in [-0.25, -0.2) is 0 Å². The normalized spacial score (nSPS) is 31.3.